The first-order valence-corrected chi connectivity index (χ1v) is 9.01. The molecule has 1 aliphatic rings. The number of hydrogen-bond donors (Lipinski definition) is 1. The van der Waals surface area contributed by atoms with Crippen LogP contribution in [0.3, 0.4) is 0 Å². The lowest BCUT2D eigenvalue weighted by molar-refractivity contribution is -0.274. The molecule has 0 spiro atoms. The molecule has 0 radical (unpaired) electrons. The molecular formula is C19H15ClF3N3O2. The molecule has 146 valence electrons. The Labute approximate surface area is 162 Å². The van der Waals surface area contributed by atoms with Crippen molar-refractivity contribution in [2.45, 2.75) is 19.2 Å². The molecule has 5 nitrogen and oxygen atoms in total. The summed E-state index contributed by atoms with van der Waals surface area (Å²) in [7, 11) is 0. The lowest BCUT2D eigenvalue weighted by Crippen LogP contribution is -2.24. The summed E-state index contributed by atoms with van der Waals surface area (Å²) >= 11 is 6.21. The van der Waals surface area contributed by atoms with Gasteiger partial charge in [-0.3, -0.25) is 4.57 Å². The van der Waals surface area contributed by atoms with Gasteiger partial charge in [-0.2, -0.15) is 4.98 Å². The summed E-state index contributed by atoms with van der Waals surface area (Å²) in [5, 5.41) is 3.90. The van der Waals surface area contributed by atoms with Crippen LogP contribution in [0.15, 0.2) is 47.3 Å². The van der Waals surface area contributed by atoms with Crippen molar-refractivity contribution < 1.29 is 17.9 Å². The number of rotatable bonds is 5. The molecule has 0 bridgehead atoms. The van der Waals surface area contributed by atoms with Crippen LogP contribution in [0.25, 0.3) is 16.6 Å². The second-order valence-electron chi connectivity index (χ2n) is 6.58. The van der Waals surface area contributed by atoms with Gasteiger partial charge in [-0.05, 0) is 43.0 Å². The Kier molecular flexibility index (Phi) is 4.66. The quantitative estimate of drug-likeness (QED) is 0.660. The molecule has 2 aromatic carbocycles. The molecule has 9 heteroatoms. The predicted octanol–water partition coefficient (Wildman–Crippen LogP) is 4.76. The van der Waals surface area contributed by atoms with Crippen molar-refractivity contribution in [1.29, 1.82) is 0 Å². The monoisotopic (exact) mass is 409 g/mol. The third-order valence-corrected chi connectivity index (χ3v) is 4.77. The first-order chi connectivity index (χ1) is 13.3. The lowest BCUT2D eigenvalue weighted by atomic mass is 10.2. The first kappa shape index (κ1) is 18.6. The zero-order valence-electron chi connectivity index (χ0n) is 14.5. The molecule has 0 amide bonds. The molecular weight excluding hydrogens is 395 g/mol. The average molecular weight is 410 g/mol. The van der Waals surface area contributed by atoms with Crippen LogP contribution in [0, 0.1) is 5.92 Å². The van der Waals surface area contributed by atoms with Crippen molar-refractivity contribution in [3.8, 4) is 11.4 Å². The minimum atomic E-state index is -4.84. The summed E-state index contributed by atoms with van der Waals surface area (Å²) in [5.41, 5.74) is -0.110. The fraction of sp³-hybridized carbons (Fsp3) is 0.263. The molecule has 1 aromatic heterocycles. The summed E-state index contributed by atoms with van der Waals surface area (Å²) in [6.45, 7) is 0.651. The molecule has 1 saturated carbocycles. The Hall–Kier alpha value is -2.74. The van der Waals surface area contributed by atoms with Crippen molar-refractivity contribution in [3.63, 3.8) is 0 Å². The van der Waals surface area contributed by atoms with E-state index >= 15 is 0 Å². The summed E-state index contributed by atoms with van der Waals surface area (Å²) in [6.07, 6.45) is -2.64. The van der Waals surface area contributed by atoms with Gasteiger partial charge in [0.15, 0.2) is 0 Å². The van der Waals surface area contributed by atoms with Crippen molar-refractivity contribution in [2.75, 3.05) is 11.9 Å². The van der Waals surface area contributed by atoms with Gasteiger partial charge in [-0.25, -0.2) is 4.79 Å². The zero-order valence-corrected chi connectivity index (χ0v) is 15.2. The molecule has 1 N–H and O–H groups in total. The maximum absolute atomic E-state index is 12.8. The third-order valence-electron chi connectivity index (χ3n) is 4.45. The Bertz CT molecular complexity index is 1090. The Morgan fingerprint density at radius 1 is 1.21 bits per heavy atom. The van der Waals surface area contributed by atoms with Gasteiger partial charge in [0.2, 0.25) is 0 Å². The molecule has 1 aliphatic carbocycles. The number of alkyl halides is 3. The Balaban J connectivity index is 1.91. The van der Waals surface area contributed by atoms with Crippen LogP contribution in [0.5, 0.6) is 5.75 Å². The Morgan fingerprint density at radius 3 is 2.64 bits per heavy atom. The van der Waals surface area contributed by atoms with Crippen molar-refractivity contribution >= 4 is 28.3 Å². The van der Waals surface area contributed by atoms with Crippen LogP contribution < -0.4 is 15.7 Å². The van der Waals surface area contributed by atoms with Crippen molar-refractivity contribution in [1.82, 2.24) is 9.55 Å². The highest BCUT2D eigenvalue weighted by molar-refractivity contribution is 6.32. The van der Waals surface area contributed by atoms with E-state index in [0.717, 1.165) is 18.9 Å². The van der Waals surface area contributed by atoms with Gasteiger partial charge in [0.1, 0.15) is 11.6 Å². The fourth-order valence-electron chi connectivity index (χ4n) is 2.97. The molecule has 1 heterocycles. The molecule has 0 aliphatic heterocycles. The second kappa shape index (κ2) is 7.01. The van der Waals surface area contributed by atoms with E-state index in [1.54, 1.807) is 24.3 Å². The van der Waals surface area contributed by atoms with Gasteiger partial charge in [-0.1, -0.05) is 23.7 Å². The lowest BCUT2D eigenvalue weighted by Gasteiger charge is -2.16. The van der Waals surface area contributed by atoms with Crippen LogP contribution in [-0.4, -0.2) is 22.5 Å². The van der Waals surface area contributed by atoms with Crippen molar-refractivity contribution in [3.05, 3.63) is 58.0 Å². The minimum Gasteiger partial charge on any atom is -0.406 e. The number of nitrogens with zero attached hydrogens (tertiary/aromatic N) is 2. The predicted molar refractivity (Wildman–Crippen MR) is 100 cm³/mol. The summed E-state index contributed by atoms with van der Waals surface area (Å²) in [4.78, 5) is 16.9. The average Bonchev–Trinajstić information content (AvgIpc) is 3.44. The van der Waals surface area contributed by atoms with Gasteiger partial charge in [-0.15, -0.1) is 13.2 Å². The molecule has 0 unspecified atom stereocenters. The highest BCUT2D eigenvalue weighted by Crippen LogP contribution is 2.33. The van der Waals surface area contributed by atoms with E-state index in [2.05, 4.69) is 15.0 Å². The highest BCUT2D eigenvalue weighted by atomic mass is 35.5. The number of ether oxygens (including phenoxy) is 1. The number of halogens is 4. The van der Waals surface area contributed by atoms with Crippen molar-refractivity contribution in [2.24, 2.45) is 5.92 Å². The largest absolute Gasteiger partial charge is 0.573 e. The SMILES string of the molecule is O=c1nc(NCC2CC2)c2ccc(OC(F)(F)F)cc2n1-c1ccccc1Cl. The van der Waals surface area contributed by atoms with Gasteiger partial charge < -0.3 is 10.1 Å². The number of para-hydroxylation sites is 1. The molecule has 1 fully saturated rings. The highest BCUT2D eigenvalue weighted by Gasteiger charge is 2.31. The summed E-state index contributed by atoms with van der Waals surface area (Å²) < 4.78 is 43.2. The van der Waals surface area contributed by atoms with Crippen LogP contribution >= 0.6 is 11.6 Å². The number of benzene rings is 2. The van der Waals surface area contributed by atoms with Gasteiger partial charge in [0, 0.05) is 18.0 Å². The minimum absolute atomic E-state index is 0.216. The van der Waals surface area contributed by atoms with Crippen LogP contribution in [0.1, 0.15) is 12.8 Å². The van der Waals surface area contributed by atoms with Crippen LogP contribution in [0.4, 0.5) is 19.0 Å². The maximum Gasteiger partial charge on any atom is 0.573 e. The van der Waals surface area contributed by atoms with Gasteiger partial charge in [0.25, 0.3) is 0 Å². The number of fused-ring (bicyclic) bond motifs is 1. The smallest absolute Gasteiger partial charge is 0.406 e. The van der Waals surface area contributed by atoms with Gasteiger partial charge >= 0.3 is 12.1 Å². The van der Waals surface area contributed by atoms with Crippen LogP contribution in [0.2, 0.25) is 5.02 Å². The van der Waals surface area contributed by atoms with Crippen LogP contribution in [-0.2, 0) is 0 Å². The van der Waals surface area contributed by atoms with E-state index in [4.69, 9.17) is 11.6 Å². The Morgan fingerprint density at radius 2 is 1.96 bits per heavy atom. The molecule has 3 aromatic rings. The molecule has 28 heavy (non-hydrogen) atoms. The third kappa shape index (κ3) is 3.91. The topological polar surface area (TPSA) is 56.1 Å². The molecule has 4 rings (SSSR count). The zero-order chi connectivity index (χ0) is 19.9. The number of anilines is 1. The standard InChI is InChI=1S/C19H15ClF3N3O2/c20-14-3-1-2-4-15(14)26-16-9-12(28-19(21,22)23)7-8-13(16)17(25-18(26)27)24-10-11-5-6-11/h1-4,7-9,11H,5-6,10H2,(H,24,25,27). The molecule has 0 saturated heterocycles. The maximum atomic E-state index is 12.8. The number of nitrogens with one attached hydrogen (secondary N) is 1. The van der Waals surface area contributed by atoms with E-state index in [-0.39, 0.29) is 10.5 Å². The van der Waals surface area contributed by atoms with E-state index in [1.807, 2.05) is 0 Å². The molecule has 0 atom stereocenters. The van der Waals surface area contributed by atoms with Gasteiger partial charge in [0.05, 0.1) is 16.2 Å². The first-order valence-electron chi connectivity index (χ1n) is 8.63. The second-order valence-corrected chi connectivity index (χ2v) is 6.99. The van der Waals surface area contributed by atoms with E-state index in [9.17, 15) is 18.0 Å². The number of aromatic nitrogens is 2. The van der Waals surface area contributed by atoms with E-state index < -0.39 is 17.8 Å². The van der Waals surface area contributed by atoms with E-state index in [1.165, 1.54) is 16.7 Å². The summed E-state index contributed by atoms with van der Waals surface area (Å²) in [5.74, 6) is 0.420. The number of hydrogen-bond acceptors (Lipinski definition) is 4. The van der Waals surface area contributed by atoms with E-state index in [0.29, 0.717) is 29.4 Å². The normalized spacial score (nSPS) is 14.3. The summed E-state index contributed by atoms with van der Waals surface area (Å²) in [6, 6.07) is 10.4. The fourth-order valence-corrected chi connectivity index (χ4v) is 3.19.